The number of nitrogens with one attached hydrogen (secondary N) is 1. The van der Waals surface area contributed by atoms with Gasteiger partial charge >= 0.3 is 6.09 Å². The van der Waals surface area contributed by atoms with Gasteiger partial charge in [-0.15, -0.1) is 0 Å². The van der Waals surface area contributed by atoms with Gasteiger partial charge in [0.15, 0.2) is 9.84 Å². The number of carbonyl (C=O) groups is 2. The van der Waals surface area contributed by atoms with Crippen molar-refractivity contribution in [3.8, 4) is 5.75 Å². The molecule has 0 spiro atoms. The molecule has 0 aliphatic heterocycles. The van der Waals surface area contributed by atoms with Gasteiger partial charge in [-0.2, -0.15) is 0 Å². The molecule has 30 heavy (non-hydrogen) atoms. The van der Waals surface area contributed by atoms with E-state index in [-0.39, 0.29) is 4.90 Å². The van der Waals surface area contributed by atoms with Crippen LogP contribution in [0, 0.1) is 0 Å². The predicted octanol–water partition coefficient (Wildman–Crippen LogP) is 3.10. The molecule has 1 aliphatic carbocycles. The largest absolute Gasteiger partial charge is 0.497 e. The highest BCUT2D eigenvalue weighted by molar-refractivity contribution is 7.92. The first-order valence-corrected chi connectivity index (χ1v) is 11.0. The Hall–Kier alpha value is -2.87. The first-order chi connectivity index (χ1) is 14.0. The Kier molecular flexibility index (Phi) is 5.64. The van der Waals surface area contributed by atoms with Crippen LogP contribution in [0.5, 0.6) is 5.75 Å². The van der Waals surface area contributed by atoms with E-state index in [1.807, 2.05) is 0 Å². The third-order valence-corrected chi connectivity index (χ3v) is 7.23. The fraction of sp³-hybridized carbons (Fsp3) is 0.364. The van der Waals surface area contributed by atoms with Gasteiger partial charge in [0.25, 0.3) is 0 Å². The number of ether oxygens (including phenoxy) is 2. The summed E-state index contributed by atoms with van der Waals surface area (Å²) >= 11 is 0. The highest BCUT2D eigenvalue weighted by Gasteiger charge is 2.73. The molecule has 1 N–H and O–H groups in total. The van der Waals surface area contributed by atoms with Gasteiger partial charge in [0, 0.05) is 5.92 Å². The highest BCUT2D eigenvalue weighted by Crippen LogP contribution is 2.56. The molecule has 8 heteroatoms. The molecule has 1 saturated carbocycles. The van der Waals surface area contributed by atoms with Crippen LogP contribution in [-0.4, -0.2) is 44.3 Å². The van der Waals surface area contributed by atoms with Crippen molar-refractivity contribution in [1.29, 1.82) is 0 Å². The van der Waals surface area contributed by atoms with Crippen molar-refractivity contribution < 1.29 is 27.5 Å². The summed E-state index contributed by atoms with van der Waals surface area (Å²) in [7, 11) is -2.40. The molecule has 2 aromatic rings. The fourth-order valence-electron chi connectivity index (χ4n) is 3.63. The van der Waals surface area contributed by atoms with Gasteiger partial charge in [0.2, 0.25) is 0 Å². The summed E-state index contributed by atoms with van der Waals surface area (Å²) in [5.74, 6) is -0.169. The van der Waals surface area contributed by atoms with E-state index in [0.29, 0.717) is 17.6 Å². The van der Waals surface area contributed by atoms with Gasteiger partial charge in [-0.05, 0) is 50.6 Å². The van der Waals surface area contributed by atoms with Crippen LogP contribution in [0.3, 0.4) is 0 Å². The second kappa shape index (κ2) is 7.75. The number of carbonyl (C=O) groups excluding carboxylic acids is 2. The van der Waals surface area contributed by atoms with Crippen molar-refractivity contribution >= 4 is 22.2 Å². The van der Waals surface area contributed by atoms with Crippen molar-refractivity contribution in [3.05, 3.63) is 60.2 Å². The maximum Gasteiger partial charge on any atom is 0.408 e. The van der Waals surface area contributed by atoms with Crippen LogP contribution in [0.25, 0.3) is 0 Å². The Bertz CT molecular complexity index is 1030. The summed E-state index contributed by atoms with van der Waals surface area (Å²) in [6.45, 7) is 5.06. The van der Waals surface area contributed by atoms with Gasteiger partial charge in [-0.3, -0.25) is 0 Å². The average molecular weight is 432 g/mol. The molecule has 1 amide bonds. The number of alkyl carbamates (subject to hydrolysis) is 1. The number of hydrogen-bond donors (Lipinski definition) is 1. The van der Waals surface area contributed by atoms with Crippen molar-refractivity contribution in [3.63, 3.8) is 0 Å². The number of hydrogen-bond acceptors (Lipinski definition) is 6. The molecule has 0 unspecified atom stereocenters. The molecule has 0 radical (unpaired) electrons. The van der Waals surface area contributed by atoms with Crippen LogP contribution in [-0.2, 0) is 19.4 Å². The van der Waals surface area contributed by atoms with Crippen molar-refractivity contribution in [2.24, 2.45) is 0 Å². The maximum absolute atomic E-state index is 13.4. The molecular formula is C22H25NO6S. The minimum atomic E-state index is -3.92. The Morgan fingerprint density at radius 1 is 1.07 bits per heavy atom. The van der Waals surface area contributed by atoms with Crippen molar-refractivity contribution in [2.45, 2.75) is 48.0 Å². The van der Waals surface area contributed by atoms with Crippen LogP contribution in [0.4, 0.5) is 4.79 Å². The Labute approximate surface area is 176 Å². The van der Waals surface area contributed by atoms with Crippen LogP contribution in [0.15, 0.2) is 59.5 Å². The van der Waals surface area contributed by atoms with Gasteiger partial charge in [-0.1, -0.05) is 30.3 Å². The molecule has 3 atom stereocenters. The van der Waals surface area contributed by atoms with E-state index in [2.05, 4.69) is 5.32 Å². The normalized spacial score (nSPS) is 23.3. The molecule has 1 fully saturated rings. The minimum Gasteiger partial charge on any atom is -0.497 e. The topological polar surface area (TPSA) is 98.8 Å². The number of methoxy groups -OCH3 is 1. The number of amides is 1. The van der Waals surface area contributed by atoms with Crippen LogP contribution in [0.1, 0.15) is 32.3 Å². The second-order valence-corrected chi connectivity index (χ2v) is 10.3. The van der Waals surface area contributed by atoms with Crippen LogP contribution < -0.4 is 10.1 Å². The lowest BCUT2D eigenvalue weighted by atomic mass is 10.1. The number of aldehydes is 1. The lowest BCUT2D eigenvalue weighted by Crippen LogP contribution is -2.45. The van der Waals surface area contributed by atoms with E-state index >= 15 is 0 Å². The lowest BCUT2D eigenvalue weighted by molar-refractivity contribution is -0.110. The highest BCUT2D eigenvalue weighted by atomic mass is 32.2. The van der Waals surface area contributed by atoms with Crippen molar-refractivity contribution in [1.82, 2.24) is 5.32 Å². The Morgan fingerprint density at radius 2 is 1.67 bits per heavy atom. The minimum absolute atomic E-state index is 0.0863. The third-order valence-electron chi connectivity index (χ3n) is 4.97. The molecule has 3 rings (SSSR count). The molecule has 7 nitrogen and oxygen atoms in total. The first kappa shape index (κ1) is 21.8. The molecule has 0 saturated heterocycles. The molecule has 160 valence electrons. The summed E-state index contributed by atoms with van der Waals surface area (Å²) in [4.78, 5) is 24.8. The number of sulfone groups is 1. The average Bonchev–Trinajstić information content (AvgIpc) is 3.36. The summed E-state index contributed by atoms with van der Waals surface area (Å²) in [5, 5.41) is 1.38. The Morgan fingerprint density at radius 3 is 2.17 bits per heavy atom. The zero-order valence-corrected chi connectivity index (χ0v) is 18.1. The summed E-state index contributed by atoms with van der Waals surface area (Å²) in [6, 6.07) is 14.6. The third kappa shape index (κ3) is 4.05. The fourth-order valence-corrected chi connectivity index (χ4v) is 5.89. The summed E-state index contributed by atoms with van der Waals surface area (Å²) < 4.78 is 37.2. The number of rotatable bonds is 6. The SMILES string of the molecule is COc1ccc([C@H]2[C@@H](S(=O)(=O)c3ccccc3)[C@@]2(C=O)NC(=O)OC(C)(C)C)cc1. The molecule has 1 aliphatic rings. The van der Waals surface area contributed by atoms with E-state index in [1.54, 1.807) is 63.2 Å². The van der Waals surface area contributed by atoms with Gasteiger partial charge in [0.1, 0.15) is 28.4 Å². The van der Waals surface area contributed by atoms with E-state index < -0.39 is 38.2 Å². The van der Waals surface area contributed by atoms with E-state index in [0.717, 1.165) is 0 Å². The second-order valence-electron chi connectivity index (χ2n) is 8.21. The van der Waals surface area contributed by atoms with E-state index in [1.165, 1.54) is 19.2 Å². The van der Waals surface area contributed by atoms with Crippen molar-refractivity contribution in [2.75, 3.05) is 7.11 Å². The van der Waals surface area contributed by atoms with Crippen LogP contribution in [0.2, 0.25) is 0 Å². The molecule has 0 bridgehead atoms. The zero-order valence-electron chi connectivity index (χ0n) is 17.3. The molecule has 0 aromatic heterocycles. The van der Waals surface area contributed by atoms with Gasteiger partial charge in [-0.25, -0.2) is 13.2 Å². The molecule has 0 heterocycles. The maximum atomic E-state index is 13.4. The zero-order chi connectivity index (χ0) is 22.2. The monoisotopic (exact) mass is 431 g/mol. The van der Waals surface area contributed by atoms with Gasteiger partial charge < -0.3 is 19.6 Å². The molecular weight excluding hydrogens is 406 g/mol. The standard InChI is InChI=1S/C22H25NO6S/c1-21(2,3)29-20(25)23-22(14-24)18(15-10-12-16(28-4)13-11-15)19(22)30(26,27)17-8-6-5-7-9-17/h5-14,18-19H,1-4H3,(H,23,25)/t18-,19+,22-/m0/s1. The Balaban J connectivity index is 2.04. The smallest absolute Gasteiger partial charge is 0.408 e. The lowest BCUT2D eigenvalue weighted by Gasteiger charge is -2.22. The number of benzene rings is 2. The molecule has 2 aromatic carbocycles. The van der Waals surface area contributed by atoms with E-state index in [4.69, 9.17) is 9.47 Å². The predicted molar refractivity (Wildman–Crippen MR) is 111 cm³/mol. The first-order valence-electron chi connectivity index (χ1n) is 9.45. The summed E-state index contributed by atoms with van der Waals surface area (Å²) in [6.07, 6.45) is -0.351. The quantitative estimate of drug-likeness (QED) is 0.706. The van der Waals surface area contributed by atoms with E-state index in [9.17, 15) is 18.0 Å². The summed E-state index contributed by atoms with van der Waals surface area (Å²) in [5.41, 5.74) is -1.83. The van der Waals surface area contributed by atoms with Gasteiger partial charge in [0.05, 0.1) is 12.0 Å². The van der Waals surface area contributed by atoms with Crippen LogP contribution >= 0.6 is 0 Å².